The van der Waals surface area contributed by atoms with Crippen molar-refractivity contribution >= 4 is 0 Å². The Hall–Kier alpha value is -0.960. The van der Waals surface area contributed by atoms with E-state index >= 15 is 0 Å². The molecule has 0 radical (unpaired) electrons. The zero-order chi connectivity index (χ0) is 10.8. The maximum absolute atomic E-state index is 5.50. The molecule has 0 unspecified atom stereocenters. The van der Waals surface area contributed by atoms with E-state index in [1.54, 1.807) is 0 Å². The normalized spacial score (nSPS) is 11.8. The Bertz CT molecular complexity index is 313. The minimum absolute atomic E-state index is 0.0198. The number of nitrogens with two attached hydrogens (primary N) is 1. The Balaban J connectivity index is 3.01. The van der Waals surface area contributed by atoms with Gasteiger partial charge in [-0.05, 0) is 25.5 Å². The number of nitrogens with zero attached hydrogens (tertiary/aromatic N) is 2. The summed E-state index contributed by atoms with van der Waals surface area (Å²) in [5, 5.41) is 0. The molecule has 0 aromatic carbocycles. The van der Waals surface area contributed by atoms with Crippen LogP contribution < -0.4 is 5.73 Å². The van der Waals surface area contributed by atoms with Crippen LogP contribution >= 0.6 is 0 Å². The van der Waals surface area contributed by atoms with Crippen LogP contribution in [0.1, 0.15) is 37.9 Å². The average molecular weight is 193 g/mol. The van der Waals surface area contributed by atoms with E-state index < -0.39 is 0 Å². The number of hydrogen-bond donors (Lipinski definition) is 1. The summed E-state index contributed by atoms with van der Waals surface area (Å²) in [6.07, 6.45) is 2.76. The van der Waals surface area contributed by atoms with Crippen LogP contribution in [0.25, 0.3) is 0 Å². The minimum Gasteiger partial charge on any atom is -0.330 e. The molecule has 3 heteroatoms. The number of aromatic nitrogens is 2. The molecular formula is C11H19N3. The lowest BCUT2D eigenvalue weighted by Crippen LogP contribution is -2.17. The summed E-state index contributed by atoms with van der Waals surface area (Å²) in [4.78, 5) is 8.86. The fourth-order valence-corrected chi connectivity index (χ4v) is 1.25. The summed E-state index contributed by atoms with van der Waals surface area (Å²) >= 11 is 0. The van der Waals surface area contributed by atoms with Gasteiger partial charge in [0.25, 0.3) is 0 Å². The van der Waals surface area contributed by atoms with Crippen molar-refractivity contribution in [2.24, 2.45) is 5.73 Å². The van der Waals surface area contributed by atoms with Gasteiger partial charge in [-0.1, -0.05) is 20.8 Å². The zero-order valence-corrected chi connectivity index (χ0v) is 9.46. The number of aryl methyl sites for hydroxylation is 1. The first-order valence-electron chi connectivity index (χ1n) is 4.98. The molecular weight excluding hydrogens is 174 g/mol. The third-order valence-electron chi connectivity index (χ3n) is 2.17. The molecule has 0 aliphatic heterocycles. The quantitative estimate of drug-likeness (QED) is 0.776. The molecule has 0 saturated carbocycles. The predicted octanol–water partition coefficient (Wildman–Crippen LogP) is 1.58. The van der Waals surface area contributed by atoms with Gasteiger partial charge in [0.1, 0.15) is 5.82 Å². The van der Waals surface area contributed by atoms with Gasteiger partial charge >= 0.3 is 0 Å². The maximum atomic E-state index is 5.50. The van der Waals surface area contributed by atoms with Crippen LogP contribution in [0.2, 0.25) is 0 Å². The summed E-state index contributed by atoms with van der Waals surface area (Å²) in [6.45, 7) is 9.01. The third kappa shape index (κ3) is 2.51. The summed E-state index contributed by atoms with van der Waals surface area (Å²) in [5.41, 5.74) is 7.72. The van der Waals surface area contributed by atoms with Gasteiger partial charge in [-0.2, -0.15) is 0 Å². The Labute approximate surface area is 85.8 Å². The molecule has 3 nitrogen and oxygen atoms in total. The Morgan fingerprint density at radius 1 is 1.36 bits per heavy atom. The number of hydrogen-bond acceptors (Lipinski definition) is 3. The van der Waals surface area contributed by atoms with E-state index in [0.29, 0.717) is 6.54 Å². The highest BCUT2D eigenvalue weighted by atomic mass is 14.9. The molecule has 0 atom stereocenters. The smallest absolute Gasteiger partial charge is 0.133 e. The van der Waals surface area contributed by atoms with Gasteiger partial charge in [0.15, 0.2) is 0 Å². The molecule has 2 N–H and O–H groups in total. The van der Waals surface area contributed by atoms with Gasteiger partial charge in [-0.3, -0.25) is 0 Å². The van der Waals surface area contributed by atoms with E-state index in [4.69, 9.17) is 5.73 Å². The largest absolute Gasteiger partial charge is 0.330 e. The van der Waals surface area contributed by atoms with Crippen molar-refractivity contribution in [3.8, 4) is 0 Å². The van der Waals surface area contributed by atoms with Crippen LogP contribution in [0.5, 0.6) is 0 Å². The lowest BCUT2D eigenvalue weighted by molar-refractivity contribution is 0.541. The second-order valence-electron chi connectivity index (χ2n) is 4.59. The van der Waals surface area contributed by atoms with E-state index in [1.165, 1.54) is 0 Å². The Morgan fingerprint density at radius 3 is 2.43 bits per heavy atom. The molecule has 0 spiro atoms. The molecule has 0 fully saturated rings. The molecule has 1 rings (SSSR count). The molecule has 1 aromatic rings. The van der Waals surface area contributed by atoms with E-state index in [1.807, 2.05) is 13.1 Å². The second kappa shape index (κ2) is 4.05. The molecule has 0 saturated heterocycles. The fraction of sp³-hybridized carbons (Fsp3) is 0.636. The van der Waals surface area contributed by atoms with Gasteiger partial charge < -0.3 is 5.73 Å². The van der Waals surface area contributed by atoms with Crippen LogP contribution in [-0.2, 0) is 11.8 Å². The van der Waals surface area contributed by atoms with Gasteiger partial charge in [0.2, 0.25) is 0 Å². The minimum atomic E-state index is 0.0198. The van der Waals surface area contributed by atoms with Crippen LogP contribution in [0, 0.1) is 6.92 Å². The van der Waals surface area contributed by atoms with Crippen LogP contribution in [0.4, 0.5) is 0 Å². The fourth-order valence-electron chi connectivity index (χ4n) is 1.25. The standard InChI is InChI=1S/C11H19N3/c1-8-9(5-6-12)7-13-10(14-8)11(2,3)4/h7H,5-6,12H2,1-4H3. The molecule has 1 aromatic heterocycles. The predicted molar refractivity (Wildman–Crippen MR) is 58.2 cm³/mol. The van der Waals surface area contributed by atoms with Crippen molar-refractivity contribution in [2.45, 2.75) is 39.5 Å². The molecule has 1 heterocycles. The van der Waals surface area contributed by atoms with Gasteiger partial charge in [0.05, 0.1) is 0 Å². The summed E-state index contributed by atoms with van der Waals surface area (Å²) in [6, 6.07) is 0. The van der Waals surface area contributed by atoms with Crippen molar-refractivity contribution in [1.82, 2.24) is 9.97 Å². The van der Waals surface area contributed by atoms with E-state index in [-0.39, 0.29) is 5.41 Å². The number of rotatable bonds is 2. The van der Waals surface area contributed by atoms with Crippen molar-refractivity contribution in [3.05, 3.63) is 23.3 Å². The lowest BCUT2D eigenvalue weighted by Gasteiger charge is -2.17. The highest BCUT2D eigenvalue weighted by Gasteiger charge is 2.17. The Morgan fingerprint density at radius 2 is 2.00 bits per heavy atom. The average Bonchev–Trinajstić information content (AvgIpc) is 2.07. The lowest BCUT2D eigenvalue weighted by atomic mass is 9.95. The molecule has 0 bridgehead atoms. The monoisotopic (exact) mass is 193 g/mol. The van der Waals surface area contributed by atoms with Gasteiger partial charge in [0, 0.05) is 17.3 Å². The highest BCUT2D eigenvalue weighted by molar-refractivity contribution is 5.18. The molecule has 78 valence electrons. The SMILES string of the molecule is Cc1nc(C(C)(C)C)ncc1CCN. The Kier molecular flexibility index (Phi) is 3.21. The van der Waals surface area contributed by atoms with Gasteiger partial charge in [-0.15, -0.1) is 0 Å². The molecule has 14 heavy (non-hydrogen) atoms. The first-order chi connectivity index (χ1) is 6.45. The summed E-state index contributed by atoms with van der Waals surface area (Å²) < 4.78 is 0. The van der Waals surface area contributed by atoms with Crippen LogP contribution in [0.15, 0.2) is 6.20 Å². The molecule has 0 aliphatic carbocycles. The first-order valence-corrected chi connectivity index (χ1v) is 4.98. The zero-order valence-electron chi connectivity index (χ0n) is 9.46. The van der Waals surface area contributed by atoms with Crippen molar-refractivity contribution in [1.29, 1.82) is 0 Å². The second-order valence-corrected chi connectivity index (χ2v) is 4.59. The van der Waals surface area contributed by atoms with Crippen LogP contribution in [0.3, 0.4) is 0 Å². The van der Waals surface area contributed by atoms with Gasteiger partial charge in [-0.25, -0.2) is 9.97 Å². The van der Waals surface area contributed by atoms with Crippen LogP contribution in [-0.4, -0.2) is 16.5 Å². The molecule has 0 amide bonds. The first kappa shape index (κ1) is 11.1. The molecule has 0 aliphatic rings. The van der Waals surface area contributed by atoms with E-state index in [9.17, 15) is 0 Å². The highest BCUT2D eigenvalue weighted by Crippen LogP contribution is 2.18. The summed E-state index contributed by atoms with van der Waals surface area (Å²) in [5.74, 6) is 0.899. The van der Waals surface area contributed by atoms with Crippen molar-refractivity contribution in [3.63, 3.8) is 0 Å². The van der Waals surface area contributed by atoms with Crippen molar-refractivity contribution in [2.75, 3.05) is 6.54 Å². The van der Waals surface area contributed by atoms with E-state index in [0.717, 1.165) is 23.5 Å². The van der Waals surface area contributed by atoms with E-state index in [2.05, 4.69) is 30.7 Å². The van der Waals surface area contributed by atoms with Crippen molar-refractivity contribution < 1.29 is 0 Å². The maximum Gasteiger partial charge on any atom is 0.133 e. The third-order valence-corrected chi connectivity index (χ3v) is 2.17. The summed E-state index contributed by atoms with van der Waals surface area (Å²) in [7, 11) is 0. The topological polar surface area (TPSA) is 51.8 Å².